The Morgan fingerprint density at radius 3 is 2.05 bits per heavy atom. The van der Waals surface area contributed by atoms with E-state index < -0.39 is 0 Å². The van der Waals surface area contributed by atoms with E-state index in [1.54, 1.807) is 0 Å². The predicted octanol–water partition coefficient (Wildman–Crippen LogP) is 6.10. The molecule has 0 aromatic heterocycles. The van der Waals surface area contributed by atoms with Crippen LogP contribution in [0.3, 0.4) is 0 Å². The lowest BCUT2D eigenvalue weighted by atomic mass is 9.93. The van der Waals surface area contributed by atoms with Gasteiger partial charge in [-0.2, -0.15) is 0 Å². The summed E-state index contributed by atoms with van der Waals surface area (Å²) in [5.74, 6) is 0. The smallest absolute Gasteiger partial charge is 0.00201 e. The molecule has 0 fully saturated rings. The summed E-state index contributed by atoms with van der Waals surface area (Å²) in [6.07, 6.45) is 0. The Balaban J connectivity index is 2.19. The maximum atomic E-state index is 3.41. The molecule has 0 heteroatoms. The summed E-state index contributed by atoms with van der Waals surface area (Å²) in [6.45, 7) is 0. The fourth-order valence-electron chi connectivity index (χ4n) is 3.51. The second-order valence-electron chi connectivity index (χ2n) is 5.75. The normalized spacial score (nSPS) is 11.6. The minimum absolute atomic E-state index is 1.18. The Labute approximate surface area is 128 Å². The van der Waals surface area contributed by atoms with E-state index in [2.05, 4.69) is 84.9 Å². The lowest BCUT2D eigenvalue weighted by Crippen LogP contribution is -1.83. The van der Waals surface area contributed by atoms with Crippen molar-refractivity contribution in [2.75, 3.05) is 0 Å². The van der Waals surface area contributed by atoms with Gasteiger partial charge in [-0.3, -0.25) is 0 Å². The molecule has 0 atom stereocenters. The molecule has 5 aromatic carbocycles. The molecule has 0 N–H and O–H groups in total. The molecule has 0 spiro atoms. The predicted molar refractivity (Wildman–Crippen MR) is 95.3 cm³/mol. The molecule has 101 valence electrons. The van der Waals surface area contributed by atoms with E-state index in [4.69, 9.17) is 0 Å². The molecule has 5 rings (SSSR count). The molecule has 1 radical (unpaired) electrons. The van der Waals surface area contributed by atoms with Crippen LogP contribution in [0.5, 0.6) is 0 Å². The summed E-state index contributed by atoms with van der Waals surface area (Å²) in [5, 5.41) is 10.3. The maximum absolute atomic E-state index is 3.41. The highest BCUT2D eigenvalue weighted by Crippen LogP contribution is 2.36. The van der Waals surface area contributed by atoms with Crippen molar-refractivity contribution in [2.24, 2.45) is 0 Å². The van der Waals surface area contributed by atoms with E-state index >= 15 is 0 Å². The Morgan fingerprint density at radius 1 is 0.500 bits per heavy atom. The lowest BCUT2D eigenvalue weighted by Gasteiger charge is -2.10. The van der Waals surface area contributed by atoms with Crippen LogP contribution in [0.2, 0.25) is 0 Å². The third-order valence-corrected chi connectivity index (χ3v) is 4.52. The molecule has 0 saturated heterocycles. The van der Waals surface area contributed by atoms with E-state index in [9.17, 15) is 0 Å². The Kier molecular flexibility index (Phi) is 2.31. The number of benzene rings is 5. The summed E-state index contributed by atoms with van der Waals surface area (Å²) in [7, 11) is 0. The molecule has 0 unspecified atom stereocenters. The molecule has 0 nitrogen and oxygen atoms in total. The first-order chi connectivity index (χ1) is 10.9. The van der Waals surface area contributed by atoms with Gasteiger partial charge in [-0.15, -0.1) is 0 Å². The van der Waals surface area contributed by atoms with Crippen LogP contribution in [-0.2, 0) is 0 Å². The van der Waals surface area contributed by atoms with Crippen LogP contribution in [0.1, 0.15) is 0 Å². The topological polar surface area (TPSA) is 0 Å². The van der Waals surface area contributed by atoms with E-state index in [1.165, 1.54) is 43.1 Å². The number of hydrogen-bond acceptors (Lipinski definition) is 0. The van der Waals surface area contributed by atoms with E-state index in [0.29, 0.717) is 0 Å². The second kappa shape index (κ2) is 4.32. The minimum atomic E-state index is 1.18. The third-order valence-electron chi connectivity index (χ3n) is 4.52. The van der Waals surface area contributed by atoms with Crippen molar-refractivity contribution < 1.29 is 0 Å². The summed E-state index contributed by atoms with van der Waals surface area (Å²) < 4.78 is 0. The molecule has 0 amide bonds. The molecule has 22 heavy (non-hydrogen) atoms. The van der Waals surface area contributed by atoms with Gasteiger partial charge in [-0.25, -0.2) is 0 Å². The van der Waals surface area contributed by atoms with Crippen LogP contribution < -0.4 is 0 Å². The average Bonchev–Trinajstić information content (AvgIpc) is 2.60. The fraction of sp³-hybridized carbons (Fsp3) is 0. The van der Waals surface area contributed by atoms with Crippen molar-refractivity contribution in [3.63, 3.8) is 0 Å². The van der Waals surface area contributed by atoms with Gasteiger partial charge in [-0.05, 0) is 55.2 Å². The Hall–Kier alpha value is -2.86. The highest BCUT2D eigenvalue weighted by Gasteiger charge is 2.08. The van der Waals surface area contributed by atoms with E-state index in [-0.39, 0.29) is 0 Å². The summed E-state index contributed by atoms with van der Waals surface area (Å²) in [6, 6.07) is 31.5. The zero-order valence-electron chi connectivity index (χ0n) is 12.0. The third kappa shape index (κ3) is 1.52. The molecule has 5 aromatic rings. The molecular formula is C22H13. The average molecular weight is 277 g/mol. The molecule has 0 aliphatic rings. The van der Waals surface area contributed by atoms with Gasteiger partial charge in [0.15, 0.2) is 0 Å². The molecular weight excluding hydrogens is 264 g/mol. The van der Waals surface area contributed by atoms with Gasteiger partial charge in [0.2, 0.25) is 0 Å². The lowest BCUT2D eigenvalue weighted by molar-refractivity contribution is 1.77. The van der Waals surface area contributed by atoms with Gasteiger partial charge in [0.05, 0.1) is 0 Å². The summed E-state index contributed by atoms with van der Waals surface area (Å²) in [5.41, 5.74) is 0. The van der Waals surface area contributed by atoms with Crippen molar-refractivity contribution in [3.8, 4) is 0 Å². The van der Waals surface area contributed by atoms with E-state index in [1.807, 2.05) is 0 Å². The largest absolute Gasteiger partial charge is 0.0616 e. The maximum Gasteiger partial charge on any atom is -0.00201 e. The number of hydrogen-bond donors (Lipinski definition) is 0. The van der Waals surface area contributed by atoms with Gasteiger partial charge in [-0.1, -0.05) is 72.8 Å². The van der Waals surface area contributed by atoms with Crippen LogP contribution in [0.25, 0.3) is 43.1 Å². The zero-order chi connectivity index (χ0) is 14.5. The van der Waals surface area contributed by atoms with Crippen molar-refractivity contribution in [2.45, 2.75) is 0 Å². The molecule has 0 heterocycles. The number of fused-ring (bicyclic) bond motifs is 7. The zero-order valence-corrected chi connectivity index (χ0v) is 12.0. The van der Waals surface area contributed by atoms with Crippen molar-refractivity contribution >= 4 is 43.1 Å². The summed E-state index contributed by atoms with van der Waals surface area (Å²) >= 11 is 0. The van der Waals surface area contributed by atoms with Gasteiger partial charge >= 0.3 is 0 Å². The molecule has 0 bridgehead atoms. The van der Waals surface area contributed by atoms with Gasteiger partial charge in [0, 0.05) is 0 Å². The monoisotopic (exact) mass is 277 g/mol. The van der Waals surface area contributed by atoms with Crippen LogP contribution in [0.15, 0.2) is 78.9 Å². The molecule has 0 saturated carbocycles. The number of rotatable bonds is 0. The van der Waals surface area contributed by atoms with Gasteiger partial charge in [0.25, 0.3) is 0 Å². The first-order valence-corrected chi connectivity index (χ1v) is 7.55. The molecule has 0 aliphatic carbocycles. The molecule has 0 aliphatic heterocycles. The minimum Gasteiger partial charge on any atom is -0.0616 e. The van der Waals surface area contributed by atoms with Crippen LogP contribution >= 0.6 is 0 Å². The highest BCUT2D eigenvalue weighted by atomic mass is 14.1. The Bertz CT molecular complexity index is 1060. The van der Waals surface area contributed by atoms with Crippen LogP contribution in [0.4, 0.5) is 0 Å². The van der Waals surface area contributed by atoms with Crippen molar-refractivity contribution in [1.82, 2.24) is 0 Å². The van der Waals surface area contributed by atoms with Gasteiger partial charge < -0.3 is 0 Å². The second-order valence-corrected chi connectivity index (χ2v) is 5.75. The first kappa shape index (κ1) is 11.8. The first-order valence-electron chi connectivity index (χ1n) is 7.55. The standard InChI is InChI=1S/C22H13/c1-3-7-19-15(5-1)9-11-17-13-14-18-12-10-16-6-2-4-8-20(16)22(18)21(17)19/h1-9,11-14H. The fourth-order valence-corrected chi connectivity index (χ4v) is 3.51. The van der Waals surface area contributed by atoms with Crippen LogP contribution in [0, 0.1) is 6.07 Å². The van der Waals surface area contributed by atoms with Crippen molar-refractivity contribution in [1.29, 1.82) is 0 Å². The Morgan fingerprint density at radius 2 is 1.14 bits per heavy atom. The van der Waals surface area contributed by atoms with E-state index in [0.717, 1.165) is 0 Å². The summed E-state index contributed by atoms with van der Waals surface area (Å²) in [4.78, 5) is 0. The quantitative estimate of drug-likeness (QED) is 0.300. The highest BCUT2D eigenvalue weighted by molar-refractivity contribution is 6.27. The van der Waals surface area contributed by atoms with Crippen LogP contribution in [-0.4, -0.2) is 0 Å². The SMILES string of the molecule is [c]1cc2ccc3ccc4ccccc4c3c2c2ccccc12. The van der Waals surface area contributed by atoms with Gasteiger partial charge in [0.1, 0.15) is 0 Å². The van der Waals surface area contributed by atoms with Crippen molar-refractivity contribution in [3.05, 3.63) is 84.9 Å².